The third-order valence-electron chi connectivity index (χ3n) is 2.68. The normalized spacial score (nSPS) is 9.86. The third-order valence-corrected chi connectivity index (χ3v) is 2.86. The average Bonchev–Trinajstić information content (AvgIpc) is 2.46. The highest BCUT2D eigenvalue weighted by molar-refractivity contribution is 6.18. The van der Waals surface area contributed by atoms with Gasteiger partial charge in [0.25, 0.3) is 0 Å². The smallest absolute Gasteiger partial charge is 0.129 e. The molecule has 1 nitrogen and oxygen atoms in total. The van der Waals surface area contributed by atoms with E-state index in [0.29, 0.717) is 29.2 Å². The van der Waals surface area contributed by atoms with Crippen molar-refractivity contribution in [2.75, 3.05) is 5.88 Å². The van der Waals surface area contributed by atoms with E-state index in [2.05, 4.69) is 11.8 Å². The highest BCUT2D eigenvalue weighted by Gasteiger charge is 2.04. The van der Waals surface area contributed by atoms with Crippen LogP contribution in [-0.2, 0) is 6.61 Å². The van der Waals surface area contributed by atoms with E-state index in [1.165, 1.54) is 18.2 Å². The first kappa shape index (κ1) is 15.3. The van der Waals surface area contributed by atoms with Crippen LogP contribution in [0.5, 0.6) is 5.75 Å². The molecule has 4 heteroatoms. The zero-order chi connectivity index (χ0) is 15.1. The molecule has 0 amide bonds. The number of alkyl halides is 1. The Labute approximate surface area is 127 Å². The van der Waals surface area contributed by atoms with Crippen molar-refractivity contribution in [3.05, 3.63) is 65.2 Å². The molecule has 0 aliphatic rings. The molecular weight excluding hydrogens is 294 g/mol. The predicted octanol–water partition coefficient (Wildman–Crippen LogP) is 4.52. The second-order valence-electron chi connectivity index (χ2n) is 4.30. The second kappa shape index (κ2) is 7.66. The molecule has 2 aromatic carbocycles. The molecule has 0 saturated heterocycles. The first-order chi connectivity index (χ1) is 10.2. The zero-order valence-corrected chi connectivity index (χ0v) is 12.0. The fourth-order valence-electron chi connectivity index (χ4n) is 1.71. The average molecular weight is 307 g/mol. The molecule has 0 heterocycles. The van der Waals surface area contributed by atoms with E-state index < -0.39 is 5.82 Å². The van der Waals surface area contributed by atoms with Crippen molar-refractivity contribution in [2.45, 2.75) is 13.0 Å². The summed E-state index contributed by atoms with van der Waals surface area (Å²) >= 11 is 5.53. The minimum Gasteiger partial charge on any atom is -0.489 e. The van der Waals surface area contributed by atoms with E-state index in [9.17, 15) is 8.78 Å². The van der Waals surface area contributed by atoms with Crippen LogP contribution >= 0.6 is 11.6 Å². The number of rotatable bonds is 4. The Morgan fingerprint density at radius 2 is 1.90 bits per heavy atom. The standard InChI is InChI=1S/C17H13ClF2O/c18-8-4-3-5-13-9-15(19)11-16(10-13)21-12-14-6-1-2-7-17(14)20/h1-2,6-7,9-11H,4,8,12H2. The number of benzene rings is 2. The maximum atomic E-state index is 13.5. The molecule has 0 N–H and O–H groups in total. The summed E-state index contributed by atoms with van der Waals surface area (Å²) < 4.78 is 32.4. The molecule has 2 aromatic rings. The number of ether oxygens (including phenoxy) is 1. The second-order valence-corrected chi connectivity index (χ2v) is 4.67. The molecule has 0 aliphatic carbocycles. The summed E-state index contributed by atoms with van der Waals surface area (Å²) in [7, 11) is 0. The summed E-state index contributed by atoms with van der Waals surface area (Å²) in [6.07, 6.45) is 0.531. The minimum absolute atomic E-state index is 0.0324. The summed E-state index contributed by atoms with van der Waals surface area (Å²) in [5, 5.41) is 0. The maximum Gasteiger partial charge on any atom is 0.129 e. The van der Waals surface area contributed by atoms with Gasteiger partial charge in [-0.3, -0.25) is 0 Å². The third kappa shape index (κ3) is 4.77. The van der Waals surface area contributed by atoms with Crippen LogP contribution in [0.3, 0.4) is 0 Å². The Hall–Kier alpha value is -2.05. The van der Waals surface area contributed by atoms with Gasteiger partial charge in [0.1, 0.15) is 24.0 Å². The molecule has 108 valence electrons. The Morgan fingerprint density at radius 3 is 2.67 bits per heavy atom. The molecule has 0 bridgehead atoms. The van der Waals surface area contributed by atoms with Crippen LogP contribution in [-0.4, -0.2) is 5.88 Å². The van der Waals surface area contributed by atoms with E-state index in [-0.39, 0.29) is 12.4 Å². The highest BCUT2D eigenvalue weighted by atomic mass is 35.5. The number of hydrogen-bond acceptors (Lipinski definition) is 1. The van der Waals surface area contributed by atoms with Crippen LogP contribution in [0.1, 0.15) is 17.5 Å². The van der Waals surface area contributed by atoms with Gasteiger partial charge in [0, 0.05) is 29.5 Å². The van der Waals surface area contributed by atoms with E-state index in [1.807, 2.05) is 0 Å². The van der Waals surface area contributed by atoms with Crippen LogP contribution in [0.25, 0.3) is 0 Å². The molecular formula is C17H13ClF2O. The molecule has 21 heavy (non-hydrogen) atoms. The first-order valence-corrected chi connectivity index (χ1v) is 6.94. The topological polar surface area (TPSA) is 9.23 Å². The number of hydrogen-bond donors (Lipinski definition) is 0. The summed E-state index contributed by atoms with van der Waals surface area (Å²) in [6.45, 7) is 0.0324. The first-order valence-electron chi connectivity index (χ1n) is 6.40. The van der Waals surface area contributed by atoms with Gasteiger partial charge in [0.2, 0.25) is 0 Å². The lowest BCUT2D eigenvalue weighted by Crippen LogP contribution is -1.99. The van der Waals surface area contributed by atoms with Crippen LogP contribution in [0, 0.1) is 23.5 Å². The van der Waals surface area contributed by atoms with Gasteiger partial charge in [-0.2, -0.15) is 0 Å². The summed E-state index contributed by atoms with van der Waals surface area (Å²) in [6, 6.07) is 10.5. The summed E-state index contributed by atoms with van der Waals surface area (Å²) in [5.74, 6) is 5.58. The van der Waals surface area contributed by atoms with Gasteiger partial charge >= 0.3 is 0 Å². The van der Waals surface area contributed by atoms with E-state index in [0.717, 1.165) is 0 Å². The van der Waals surface area contributed by atoms with Crippen molar-refractivity contribution in [3.8, 4) is 17.6 Å². The molecule has 0 spiro atoms. The van der Waals surface area contributed by atoms with E-state index in [4.69, 9.17) is 16.3 Å². The Kier molecular flexibility index (Phi) is 5.59. The van der Waals surface area contributed by atoms with E-state index >= 15 is 0 Å². The molecule has 2 rings (SSSR count). The molecule has 0 radical (unpaired) electrons. The minimum atomic E-state index is -0.448. The quantitative estimate of drug-likeness (QED) is 0.596. The number of halogens is 3. The van der Waals surface area contributed by atoms with Crippen molar-refractivity contribution in [2.24, 2.45) is 0 Å². The lowest BCUT2D eigenvalue weighted by Gasteiger charge is -2.07. The van der Waals surface area contributed by atoms with Gasteiger partial charge in [0.15, 0.2) is 0 Å². The summed E-state index contributed by atoms with van der Waals surface area (Å²) in [4.78, 5) is 0. The van der Waals surface area contributed by atoms with Gasteiger partial charge in [-0.15, -0.1) is 11.6 Å². The Morgan fingerprint density at radius 1 is 1.10 bits per heavy atom. The van der Waals surface area contributed by atoms with E-state index in [1.54, 1.807) is 24.3 Å². The van der Waals surface area contributed by atoms with Crippen molar-refractivity contribution in [1.82, 2.24) is 0 Å². The Bertz CT molecular complexity index is 674. The van der Waals surface area contributed by atoms with Crippen LogP contribution in [0.4, 0.5) is 8.78 Å². The monoisotopic (exact) mass is 306 g/mol. The fourth-order valence-corrected chi connectivity index (χ4v) is 1.80. The lowest BCUT2D eigenvalue weighted by molar-refractivity contribution is 0.298. The molecule has 0 aromatic heterocycles. The van der Waals surface area contributed by atoms with Gasteiger partial charge < -0.3 is 4.74 Å². The molecule has 0 unspecified atom stereocenters. The Balaban J connectivity index is 2.10. The van der Waals surface area contributed by atoms with Crippen LogP contribution in [0.2, 0.25) is 0 Å². The molecule has 0 saturated carbocycles. The zero-order valence-electron chi connectivity index (χ0n) is 11.2. The lowest BCUT2D eigenvalue weighted by atomic mass is 10.2. The van der Waals surface area contributed by atoms with Gasteiger partial charge in [-0.05, 0) is 18.2 Å². The van der Waals surface area contributed by atoms with Crippen molar-refractivity contribution >= 4 is 11.6 Å². The fraction of sp³-hybridized carbons (Fsp3) is 0.176. The predicted molar refractivity (Wildman–Crippen MR) is 79.3 cm³/mol. The molecule has 0 atom stereocenters. The van der Waals surface area contributed by atoms with Crippen LogP contribution < -0.4 is 4.74 Å². The molecule has 0 aliphatic heterocycles. The SMILES string of the molecule is Fc1cc(C#CCCCl)cc(OCc2ccccc2F)c1. The highest BCUT2D eigenvalue weighted by Crippen LogP contribution is 2.18. The van der Waals surface area contributed by atoms with Gasteiger partial charge in [-0.1, -0.05) is 30.0 Å². The van der Waals surface area contributed by atoms with Gasteiger partial charge in [-0.25, -0.2) is 8.78 Å². The summed E-state index contributed by atoms with van der Waals surface area (Å²) in [5.41, 5.74) is 0.917. The van der Waals surface area contributed by atoms with Crippen molar-refractivity contribution in [1.29, 1.82) is 0 Å². The maximum absolute atomic E-state index is 13.5. The van der Waals surface area contributed by atoms with Crippen molar-refractivity contribution < 1.29 is 13.5 Å². The largest absolute Gasteiger partial charge is 0.489 e. The van der Waals surface area contributed by atoms with Crippen molar-refractivity contribution in [3.63, 3.8) is 0 Å². The van der Waals surface area contributed by atoms with Crippen LogP contribution in [0.15, 0.2) is 42.5 Å². The van der Waals surface area contributed by atoms with Gasteiger partial charge in [0.05, 0.1) is 0 Å². The molecule has 0 fully saturated rings.